The molecule has 1 saturated carbocycles. The van der Waals surface area contributed by atoms with Crippen LogP contribution in [-0.2, 0) is 26.2 Å². The number of piperidine rings is 1. The SMILES string of the molecule is Cc1ccc(CN2C(=O)C3CCCCC3C2=O)cc1S(=O)(=O)N1CCC(C)CC1. The lowest BCUT2D eigenvalue weighted by Crippen LogP contribution is -2.38. The average Bonchev–Trinajstić information content (AvgIpc) is 2.95. The fourth-order valence-corrected chi connectivity index (χ4v) is 6.70. The van der Waals surface area contributed by atoms with Crippen molar-refractivity contribution in [1.29, 1.82) is 0 Å². The van der Waals surface area contributed by atoms with Gasteiger partial charge in [0.2, 0.25) is 21.8 Å². The molecule has 2 aliphatic heterocycles. The van der Waals surface area contributed by atoms with Gasteiger partial charge in [0, 0.05) is 13.1 Å². The Morgan fingerprint density at radius 2 is 1.55 bits per heavy atom. The van der Waals surface area contributed by atoms with Gasteiger partial charge in [0.05, 0.1) is 23.3 Å². The summed E-state index contributed by atoms with van der Waals surface area (Å²) in [5.74, 6) is 0.00879. The highest BCUT2D eigenvalue weighted by molar-refractivity contribution is 7.89. The summed E-state index contributed by atoms with van der Waals surface area (Å²) in [6.45, 7) is 5.19. The third kappa shape index (κ3) is 3.75. The molecule has 7 heteroatoms. The van der Waals surface area contributed by atoms with Gasteiger partial charge in [-0.3, -0.25) is 14.5 Å². The normalized spacial score (nSPS) is 26.8. The minimum absolute atomic E-state index is 0.0882. The zero-order valence-corrected chi connectivity index (χ0v) is 18.1. The van der Waals surface area contributed by atoms with Gasteiger partial charge in [-0.05, 0) is 55.7 Å². The van der Waals surface area contributed by atoms with Gasteiger partial charge < -0.3 is 0 Å². The quantitative estimate of drug-likeness (QED) is 0.704. The van der Waals surface area contributed by atoms with Gasteiger partial charge in [0.15, 0.2) is 0 Å². The number of amides is 2. The van der Waals surface area contributed by atoms with Crippen LogP contribution in [0.15, 0.2) is 23.1 Å². The molecule has 2 saturated heterocycles. The van der Waals surface area contributed by atoms with E-state index in [0.717, 1.165) is 38.5 Å². The van der Waals surface area contributed by atoms with Crippen LogP contribution >= 0.6 is 0 Å². The molecule has 0 radical (unpaired) electrons. The highest BCUT2D eigenvalue weighted by atomic mass is 32.2. The Labute approximate surface area is 173 Å². The van der Waals surface area contributed by atoms with Crippen LogP contribution in [0.1, 0.15) is 56.6 Å². The third-order valence-electron chi connectivity index (χ3n) is 6.89. The molecule has 3 fully saturated rings. The van der Waals surface area contributed by atoms with Crippen molar-refractivity contribution in [2.24, 2.45) is 17.8 Å². The number of hydrogen-bond donors (Lipinski definition) is 0. The highest BCUT2D eigenvalue weighted by Crippen LogP contribution is 2.38. The Balaban J connectivity index is 1.57. The number of sulfonamides is 1. The lowest BCUT2D eigenvalue weighted by molar-refractivity contribution is -0.140. The van der Waals surface area contributed by atoms with Crippen LogP contribution in [-0.4, -0.2) is 42.5 Å². The molecule has 6 nitrogen and oxygen atoms in total. The van der Waals surface area contributed by atoms with E-state index in [0.29, 0.717) is 35.0 Å². The Kier molecular flexibility index (Phi) is 5.55. The lowest BCUT2D eigenvalue weighted by Gasteiger charge is -2.30. The van der Waals surface area contributed by atoms with Gasteiger partial charge in [-0.1, -0.05) is 31.9 Å². The molecule has 2 amide bonds. The molecule has 158 valence electrons. The molecular weight excluding hydrogens is 388 g/mol. The second-order valence-corrected chi connectivity index (χ2v) is 10.9. The molecule has 2 heterocycles. The van der Waals surface area contributed by atoms with Gasteiger partial charge in [-0.15, -0.1) is 0 Å². The zero-order chi connectivity index (χ0) is 20.8. The van der Waals surface area contributed by atoms with E-state index < -0.39 is 10.0 Å². The first-order chi connectivity index (χ1) is 13.8. The molecular formula is C22H30N2O4S. The molecule has 0 spiro atoms. The molecule has 0 N–H and O–H groups in total. The predicted molar refractivity (Wildman–Crippen MR) is 109 cm³/mol. The number of nitrogens with zero attached hydrogens (tertiary/aromatic N) is 2. The third-order valence-corrected chi connectivity index (χ3v) is 8.93. The molecule has 2 atom stereocenters. The number of carbonyl (C=O) groups is 2. The van der Waals surface area contributed by atoms with E-state index in [-0.39, 0.29) is 30.2 Å². The van der Waals surface area contributed by atoms with Crippen molar-refractivity contribution in [2.75, 3.05) is 13.1 Å². The summed E-state index contributed by atoms with van der Waals surface area (Å²) >= 11 is 0. The van der Waals surface area contributed by atoms with Crippen LogP contribution in [0.25, 0.3) is 0 Å². The van der Waals surface area contributed by atoms with E-state index in [9.17, 15) is 18.0 Å². The van der Waals surface area contributed by atoms with Crippen LogP contribution in [0.4, 0.5) is 0 Å². The van der Waals surface area contributed by atoms with Crippen molar-refractivity contribution in [3.63, 3.8) is 0 Å². The van der Waals surface area contributed by atoms with Gasteiger partial charge in [-0.2, -0.15) is 4.31 Å². The summed E-state index contributed by atoms with van der Waals surface area (Å²) in [5.41, 5.74) is 1.39. The van der Waals surface area contributed by atoms with E-state index in [1.165, 1.54) is 4.90 Å². The minimum Gasteiger partial charge on any atom is -0.278 e. The summed E-state index contributed by atoms with van der Waals surface area (Å²) in [4.78, 5) is 27.2. The van der Waals surface area contributed by atoms with E-state index in [1.54, 1.807) is 23.4 Å². The Morgan fingerprint density at radius 3 is 2.14 bits per heavy atom. The van der Waals surface area contributed by atoms with E-state index in [1.807, 2.05) is 6.07 Å². The molecule has 3 aliphatic rings. The summed E-state index contributed by atoms with van der Waals surface area (Å²) in [6, 6.07) is 5.27. The van der Waals surface area contributed by atoms with Crippen LogP contribution in [0.3, 0.4) is 0 Å². The summed E-state index contributed by atoms with van der Waals surface area (Å²) in [6.07, 6.45) is 5.30. The molecule has 1 aliphatic carbocycles. The second kappa shape index (κ2) is 7.84. The number of aryl methyl sites for hydroxylation is 1. The number of hydrogen-bond acceptors (Lipinski definition) is 4. The zero-order valence-electron chi connectivity index (χ0n) is 17.3. The van der Waals surface area contributed by atoms with Crippen LogP contribution in [0, 0.1) is 24.7 Å². The number of rotatable bonds is 4. The first kappa shape index (κ1) is 20.5. The maximum Gasteiger partial charge on any atom is 0.243 e. The molecule has 2 unspecified atom stereocenters. The van der Waals surface area contributed by atoms with Crippen LogP contribution < -0.4 is 0 Å². The molecule has 1 aromatic rings. The largest absolute Gasteiger partial charge is 0.278 e. The lowest BCUT2D eigenvalue weighted by atomic mass is 9.81. The van der Waals surface area contributed by atoms with Crippen LogP contribution in [0.2, 0.25) is 0 Å². The Bertz CT molecular complexity index is 895. The van der Waals surface area contributed by atoms with Crippen LogP contribution in [0.5, 0.6) is 0 Å². The first-order valence-electron chi connectivity index (χ1n) is 10.7. The summed E-state index contributed by atoms with van der Waals surface area (Å²) in [7, 11) is -3.58. The number of benzene rings is 1. The van der Waals surface area contributed by atoms with Gasteiger partial charge in [0.1, 0.15) is 0 Å². The first-order valence-corrected chi connectivity index (χ1v) is 12.2. The van der Waals surface area contributed by atoms with Gasteiger partial charge >= 0.3 is 0 Å². The molecule has 29 heavy (non-hydrogen) atoms. The Morgan fingerprint density at radius 1 is 0.966 bits per heavy atom. The van der Waals surface area contributed by atoms with E-state index in [4.69, 9.17) is 0 Å². The van der Waals surface area contributed by atoms with Crippen molar-refractivity contribution < 1.29 is 18.0 Å². The number of imide groups is 1. The second-order valence-electron chi connectivity index (χ2n) is 8.95. The molecule has 4 rings (SSSR count). The van der Waals surface area contributed by atoms with Gasteiger partial charge in [-0.25, -0.2) is 8.42 Å². The topological polar surface area (TPSA) is 74.8 Å². The van der Waals surface area contributed by atoms with Gasteiger partial charge in [0.25, 0.3) is 0 Å². The minimum atomic E-state index is -3.58. The maximum atomic E-state index is 13.2. The summed E-state index contributed by atoms with van der Waals surface area (Å²) in [5, 5.41) is 0. The van der Waals surface area contributed by atoms with E-state index in [2.05, 4.69) is 6.92 Å². The number of likely N-dealkylation sites (tertiary alicyclic amines) is 1. The van der Waals surface area contributed by atoms with Crippen molar-refractivity contribution in [3.05, 3.63) is 29.3 Å². The molecule has 0 bridgehead atoms. The molecule has 0 aromatic heterocycles. The van der Waals surface area contributed by atoms with Crippen molar-refractivity contribution in [1.82, 2.24) is 9.21 Å². The molecule has 1 aromatic carbocycles. The highest BCUT2D eigenvalue weighted by Gasteiger charge is 2.48. The van der Waals surface area contributed by atoms with Crippen molar-refractivity contribution >= 4 is 21.8 Å². The fraction of sp³-hybridized carbons (Fsp3) is 0.636. The monoisotopic (exact) mass is 418 g/mol. The maximum absolute atomic E-state index is 13.2. The smallest absolute Gasteiger partial charge is 0.243 e. The van der Waals surface area contributed by atoms with Crippen molar-refractivity contribution in [3.8, 4) is 0 Å². The van der Waals surface area contributed by atoms with Crippen molar-refractivity contribution in [2.45, 2.75) is 63.8 Å². The van der Waals surface area contributed by atoms with E-state index >= 15 is 0 Å². The number of carbonyl (C=O) groups excluding carboxylic acids is 2. The number of fused-ring (bicyclic) bond motifs is 1. The Hall–Kier alpha value is -1.73. The standard InChI is InChI=1S/C22H30N2O4S/c1-15-9-11-23(12-10-15)29(27,28)20-13-17(8-7-16(20)2)14-24-21(25)18-5-3-4-6-19(18)22(24)26/h7-8,13,15,18-19H,3-6,9-12,14H2,1-2H3. The summed E-state index contributed by atoms with van der Waals surface area (Å²) < 4.78 is 28.0. The fourth-order valence-electron chi connectivity index (χ4n) is 4.95. The predicted octanol–water partition coefficient (Wildman–Crippen LogP) is 3.09. The average molecular weight is 419 g/mol.